The Kier molecular flexibility index (Phi) is 5.62. The van der Waals surface area contributed by atoms with Gasteiger partial charge in [-0.1, -0.05) is 19.3 Å². The zero-order chi connectivity index (χ0) is 15.3. The number of carbonyl (C=O) groups is 2. The van der Waals surface area contributed by atoms with Crippen LogP contribution in [0.15, 0.2) is 0 Å². The Labute approximate surface area is 127 Å². The van der Waals surface area contributed by atoms with Gasteiger partial charge in [0, 0.05) is 38.0 Å². The lowest BCUT2D eigenvalue weighted by atomic mass is 9.79. The van der Waals surface area contributed by atoms with Crippen molar-refractivity contribution in [1.82, 2.24) is 15.5 Å². The van der Waals surface area contributed by atoms with Gasteiger partial charge in [-0.25, -0.2) is 0 Å². The topological polar surface area (TPSA) is 61.4 Å². The van der Waals surface area contributed by atoms with Crippen LogP contribution < -0.4 is 10.6 Å². The summed E-state index contributed by atoms with van der Waals surface area (Å²) in [7, 11) is 1.98. The molecule has 2 fully saturated rings. The van der Waals surface area contributed by atoms with Gasteiger partial charge in [0.15, 0.2) is 0 Å². The van der Waals surface area contributed by atoms with Crippen molar-refractivity contribution in [3.8, 4) is 0 Å². The van der Waals surface area contributed by atoms with E-state index < -0.39 is 0 Å². The molecule has 1 aliphatic carbocycles. The van der Waals surface area contributed by atoms with Gasteiger partial charge >= 0.3 is 0 Å². The highest BCUT2D eigenvalue weighted by atomic mass is 16.2. The van der Waals surface area contributed by atoms with Crippen molar-refractivity contribution >= 4 is 11.8 Å². The first-order chi connectivity index (χ1) is 10.0. The Morgan fingerprint density at radius 3 is 2.52 bits per heavy atom. The second kappa shape index (κ2) is 7.25. The van der Waals surface area contributed by atoms with Gasteiger partial charge < -0.3 is 15.5 Å². The molecule has 5 nitrogen and oxygen atoms in total. The van der Waals surface area contributed by atoms with Crippen LogP contribution in [-0.4, -0.2) is 48.4 Å². The van der Waals surface area contributed by atoms with Gasteiger partial charge in [-0.3, -0.25) is 9.59 Å². The number of rotatable bonds is 4. The third kappa shape index (κ3) is 4.43. The molecule has 2 aliphatic rings. The minimum absolute atomic E-state index is 0.00369. The molecule has 120 valence electrons. The van der Waals surface area contributed by atoms with Gasteiger partial charge in [0.05, 0.1) is 0 Å². The first kappa shape index (κ1) is 16.3. The Hall–Kier alpha value is -1.10. The van der Waals surface area contributed by atoms with Gasteiger partial charge in [-0.15, -0.1) is 0 Å². The van der Waals surface area contributed by atoms with Gasteiger partial charge in [-0.2, -0.15) is 0 Å². The van der Waals surface area contributed by atoms with Crippen LogP contribution in [-0.2, 0) is 9.59 Å². The standard InChI is InChI=1S/C16H29N3O2/c1-13(20)18-14-7-6-10-19(12-14)15(21)11-16(17-2)8-4-3-5-9-16/h14,17H,3-12H2,1-2H3,(H,18,20). The molecule has 1 saturated heterocycles. The van der Waals surface area contributed by atoms with Gasteiger partial charge in [0.1, 0.15) is 0 Å². The number of nitrogens with zero attached hydrogens (tertiary/aromatic N) is 1. The Bertz CT molecular complexity index is 378. The van der Waals surface area contributed by atoms with Gasteiger partial charge in [0.25, 0.3) is 0 Å². The maximum Gasteiger partial charge on any atom is 0.224 e. The molecule has 1 saturated carbocycles. The van der Waals surface area contributed by atoms with E-state index in [0.717, 1.165) is 32.2 Å². The van der Waals surface area contributed by atoms with Gasteiger partial charge in [-0.05, 0) is 32.7 Å². The summed E-state index contributed by atoms with van der Waals surface area (Å²) in [5, 5.41) is 6.36. The molecular weight excluding hydrogens is 266 g/mol. The summed E-state index contributed by atoms with van der Waals surface area (Å²) in [5.41, 5.74) is -0.00369. The van der Waals surface area contributed by atoms with Crippen LogP contribution in [0.1, 0.15) is 58.3 Å². The van der Waals surface area contributed by atoms with E-state index in [2.05, 4.69) is 10.6 Å². The van der Waals surface area contributed by atoms with E-state index in [1.165, 1.54) is 19.3 Å². The Balaban J connectivity index is 1.91. The zero-order valence-electron chi connectivity index (χ0n) is 13.4. The zero-order valence-corrected chi connectivity index (χ0v) is 13.4. The van der Waals surface area contributed by atoms with Crippen molar-refractivity contribution in [2.75, 3.05) is 20.1 Å². The van der Waals surface area contributed by atoms with Crippen LogP contribution in [0.2, 0.25) is 0 Å². The summed E-state index contributed by atoms with van der Waals surface area (Å²) in [6.07, 6.45) is 8.44. The van der Waals surface area contributed by atoms with Crippen molar-refractivity contribution in [1.29, 1.82) is 0 Å². The van der Waals surface area contributed by atoms with E-state index in [-0.39, 0.29) is 23.4 Å². The van der Waals surface area contributed by atoms with E-state index in [0.29, 0.717) is 13.0 Å². The van der Waals surface area contributed by atoms with Crippen molar-refractivity contribution in [3.63, 3.8) is 0 Å². The molecule has 1 unspecified atom stereocenters. The molecule has 0 radical (unpaired) electrons. The van der Waals surface area contributed by atoms with E-state index in [4.69, 9.17) is 0 Å². The second-order valence-corrected chi connectivity index (χ2v) is 6.65. The number of hydrogen-bond acceptors (Lipinski definition) is 3. The molecule has 1 heterocycles. The van der Waals surface area contributed by atoms with Gasteiger partial charge in [0.2, 0.25) is 11.8 Å². The molecule has 2 rings (SSSR count). The number of amides is 2. The normalized spacial score (nSPS) is 25.4. The fourth-order valence-electron chi connectivity index (χ4n) is 3.75. The number of carbonyl (C=O) groups excluding carboxylic acids is 2. The summed E-state index contributed by atoms with van der Waals surface area (Å²) in [6, 6.07) is 0.122. The molecule has 1 aliphatic heterocycles. The van der Waals surface area contributed by atoms with Crippen LogP contribution >= 0.6 is 0 Å². The molecule has 0 aromatic heterocycles. The van der Waals surface area contributed by atoms with E-state index in [1.807, 2.05) is 11.9 Å². The maximum atomic E-state index is 12.6. The van der Waals surface area contributed by atoms with Crippen molar-refractivity contribution in [2.24, 2.45) is 0 Å². The third-order valence-electron chi connectivity index (χ3n) is 5.01. The Morgan fingerprint density at radius 2 is 1.90 bits per heavy atom. The van der Waals surface area contributed by atoms with E-state index in [9.17, 15) is 9.59 Å². The minimum atomic E-state index is -0.00623. The predicted molar refractivity (Wildman–Crippen MR) is 82.9 cm³/mol. The van der Waals surface area contributed by atoms with Crippen molar-refractivity contribution < 1.29 is 9.59 Å². The predicted octanol–water partition coefficient (Wildman–Crippen LogP) is 1.43. The average Bonchev–Trinajstić information content (AvgIpc) is 2.48. The molecule has 0 aromatic carbocycles. The highest BCUT2D eigenvalue weighted by molar-refractivity contribution is 5.78. The van der Waals surface area contributed by atoms with Crippen LogP contribution in [0.3, 0.4) is 0 Å². The lowest BCUT2D eigenvalue weighted by Gasteiger charge is -2.40. The summed E-state index contributed by atoms with van der Waals surface area (Å²) in [4.78, 5) is 25.8. The summed E-state index contributed by atoms with van der Waals surface area (Å²) in [5.74, 6) is 0.231. The molecule has 0 aromatic rings. The van der Waals surface area contributed by atoms with Crippen molar-refractivity contribution in [2.45, 2.75) is 69.9 Å². The van der Waals surface area contributed by atoms with Crippen LogP contribution in [0.25, 0.3) is 0 Å². The van der Waals surface area contributed by atoms with Crippen LogP contribution in [0, 0.1) is 0 Å². The van der Waals surface area contributed by atoms with E-state index in [1.54, 1.807) is 6.92 Å². The largest absolute Gasteiger partial charge is 0.352 e. The summed E-state index contributed by atoms with van der Waals surface area (Å²) >= 11 is 0. The SMILES string of the molecule is CNC1(CC(=O)N2CCCC(NC(C)=O)C2)CCCCC1. The highest BCUT2D eigenvalue weighted by Gasteiger charge is 2.35. The number of piperidine rings is 1. The lowest BCUT2D eigenvalue weighted by molar-refractivity contribution is -0.135. The number of likely N-dealkylation sites (tertiary alicyclic amines) is 1. The monoisotopic (exact) mass is 295 g/mol. The third-order valence-corrected chi connectivity index (χ3v) is 5.01. The van der Waals surface area contributed by atoms with Crippen LogP contribution in [0.4, 0.5) is 0 Å². The molecule has 21 heavy (non-hydrogen) atoms. The van der Waals surface area contributed by atoms with Crippen LogP contribution in [0.5, 0.6) is 0 Å². The average molecular weight is 295 g/mol. The molecular formula is C16H29N3O2. The molecule has 2 N–H and O–H groups in total. The molecule has 0 spiro atoms. The summed E-state index contributed by atoms with van der Waals surface area (Å²) in [6.45, 7) is 3.03. The smallest absolute Gasteiger partial charge is 0.224 e. The van der Waals surface area contributed by atoms with Crippen molar-refractivity contribution in [3.05, 3.63) is 0 Å². The lowest BCUT2D eigenvalue weighted by Crippen LogP contribution is -2.53. The second-order valence-electron chi connectivity index (χ2n) is 6.65. The fourth-order valence-corrected chi connectivity index (χ4v) is 3.75. The maximum absolute atomic E-state index is 12.6. The molecule has 5 heteroatoms. The summed E-state index contributed by atoms with van der Waals surface area (Å²) < 4.78 is 0. The molecule has 1 atom stereocenters. The highest BCUT2D eigenvalue weighted by Crippen LogP contribution is 2.31. The number of hydrogen-bond donors (Lipinski definition) is 2. The fraction of sp³-hybridized carbons (Fsp3) is 0.875. The minimum Gasteiger partial charge on any atom is -0.352 e. The van der Waals surface area contributed by atoms with E-state index >= 15 is 0 Å². The molecule has 0 bridgehead atoms. The quantitative estimate of drug-likeness (QED) is 0.825. The Morgan fingerprint density at radius 1 is 1.19 bits per heavy atom. The molecule has 2 amide bonds. The first-order valence-electron chi connectivity index (χ1n) is 8.28. The first-order valence-corrected chi connectivity index (χ1v) is 8.28. The number of nitrogens with one attached hydrogen (secondary N) is 2.